The van der Waals surface area contributed by atoms with Gasteiger partial charge in [0.1, 0.15) is 5.75 Å². The highest BCUT2D eigenvalue weighted by Crippen LogP contribution is 2.39. The number of benzene rings is 1. The Morgan fingerprint density at radius 3 is 1.89 bits per heavy atom. The largest absolute Gasteiger partial charge is 0.508 e. The average molecular weight is 270 g/mol. The van der Waals surface area contributed by atoms with Crippen LogP contribution in [0, 0.1) is 0 Å². The Labute approximate surface area is 116 Å². The van der Waals surface area contributed by atoms with Crippen molar-refractivity contribution in [2.45, 2.75) is 57.5 Å². The van der Waals surface area contributed by atoms with Crippen molar-refractivity contribution in [1.29, 1.82) is 0 Å². The molecule has 102 valence electrons. The third kappa shape index (κ3) is 3.63. The predicted octanol–water partition coefficient (Wildman–Crippen LogP) is 3.84. The van der Waals surface area contributed by atoms with E-state index in [9.17, 15) is 5.11 Å². The van der Waals surface area contributed by atoms with Gasteiger partial charge in [-0.25, -0.2) is 0 Å². The molecule has 0 saturated carbocycles. The second-order valence-electron chi connectivity index (χ2n) is 6.59. The van der Waals surface area contributed by atoms with E-state index in [0.717, 1.165) is 12.8 Å². The normalized spacial score (nSPS) is 22.2. The standard InChI is InChI=1S/C15H23NO.ClH/c1-14(2)9-12(10-15(3,4)16-14)11-5-7-13(17)8-6-11;/h5-8,12,16-17H,9-10H2,1-4H3;1H. The zero-order valence-electron chi connectivity index (χ0n) is 11.7. The van der Waals surface area contributed by atoms with Gasteiger partial charge in [-0.1, -0.05) is 12.1 Å². The highest BCUT2D eigenvalue weighted by atomic mass is 35.5. The van der Waals surface area contributed by atoms with Crippen molar-refractivity contribution in [1.82, 2.24) is 5.32 Å². The third-order valence-corrected chi connectivity index (χ3v) is 3.55. The lowest BCUT2D eigenvalue weighted by molar-refractivity contribution is 0.162. The molecule has 0 unspecified atom stereocenters. The summed E-state index contributed by atoms with van der Waals surface area (Å²) in [6.45, 7) is 9.06. The zero-order valence-corrected chi connectivity index (χ0v) is 12.5. The SMILES string of the molecule is CC1(C)CC(c2ccc(O)cc2)CC(C)(C)N1.Cl. The first-order valence-corrected chi connectivity index (χ1v) is 6.36. The molecular weight excluding hydrogens is 246 g/mol. The predicted molar refractivity (Wildman–Crippen MR) is 78.6 cm³/mol. The van der Waals surface area contributed by atoms with Crippen LogP contribution in [0.5, 0.6) is 5.75 Å². The van der Waals surface area contributed by atoms with Crippen molar-refractivity contribution >= 4 is 12.4 Å². The van der Waals surface area contributed by atoms with Crippen LogP contribution in [0.1, 0.15) is 52.0 Å². The van der Waals surface area contributed by atoms with Crippen molar-refractivity contribution in [3.8, 4) is 5.75 Å². The van der Waals surface area contributed by atoms with Gasteiger partial charge in [0.2, 0.25) is 0 Å². The summed E-state index contributed by atoms with van der Waals surface area (Å²) in [6, 6.07) is 7.68. The highest BCUT2D eigenvalue weighted by molar-refractivity contribution is 5.85. The molecule has 2 nitrogen and oxygen atoms in total. The molecule has 3 heteroatoms. The summed E-state index contributed by atoms with van der Waals surface area (Å²) in [5.74, 6) is 0.919. The van der Waals surface area contributed by atoms with Crippen LogP contribution < -0.4 is 5.32 Å². The molecule has 1 aromatic carbocycles. The molecule has 1 fully saturated rings. The summed E-state index contributed by atoms with van der Waals surface area (Å²) in [5, 5.41) is 13.0. The summed E-state index contributed by atoms with van der Waals surface area (Å²) in [4.78, 5) is 0. The monoisotopic (exact) mass is 269 g/mol. The maximum atomic E-state index is 9.35. The van der Waals surface area contributed by atoms with Crippen molar-refractivity contribution in [3.63, 3.8) is 0 Å². The van der Waals surface area contributed by atoms with Crippen LogP contribution in [-0.4, -0.2) is 16.2 Å². The molecule has 1 heterocycles. The topological polar surface area (TPSA) is 32.3 Å². The lowest BCUT2D eigenvalue weighted by Crippen LogP contribution is -2.57. The second kappa shape index (κ2) is 5.10. The Bertz CT molecular complexity index is 381. The molecule has 1 aliphatic rings. The minimum Gasteiger partial charge on any atom is -0.508 e. The number of phenolic OH excluding ortho intramolecular Hbond substituents is 1. The number of hydrogen-bond donors (Lipinski definition) is 2. The third-order valence-electron chi connectivity index (χ3n) is 3.55. The van der Waals surface area contributed by atoms with E-state index in [2.05, 4.69) is 45.1 Å². The second-order valence-corrected chi connectivity index (χ2v) is 6.59. The molecule has 0 aliphatic carbocycles. The van der Waals surface area contributed by atoms with E-state index in [0.29, 0.717) is 11.7 Å². The molecule has 0 atom stereocenters. The van der Waals surface area contributed by atoms with E-state index in [1.165, 1.54) is 5.56 Å². The molecule has 0 bridgehead atoms. The van der Waals surface area contributed by atoms with Crippen LogP contribution in [0.25, 0.3) is 0 Å². The van der Waals surface area contributed by atoms with Gasteiger partial charge in [0.15, 0.2) is 0 Å². The van der Waals surface area contributed by atoms with Crippen LogP contribution in [0.15, 0.2) is 24.3 Å². The van der Waals surface area contributed by atoms with Gasteiger partial charge in [-0.05, 0) is 64.2 Å². The van der Waals surface area contributed by atoms with E-state index < -0.39 is 0 Å². The first-order valence-electron chi connectivity index (χ1n) is 6.36. The molecule has 1 aromatic rings. The number of rotatable bonds is 1. The van der Waals surface area contributed by atoms with Gasteiger partial charge in [0.05, 0.1) is 0 Å². The molecule has 1 aliphatic heterocycles. The Balaban J connectivity index is 0.00000162. The van der Waals surface area contributed by atoms with Crippen LogP contribution in [0.4, 0.5) is 0 Å². The van der Waals surface area contributed by atoms with Gasteiger partial charge >= 0.3 is 0 Å². The maximum Gasteiger partial charge on any atom is 0.115 e. The van der Waals surface area contributed by atoms with Crippen LogP contribution in [-0.2, 0) is 0 Å². The first-order chi connectivity index (χ1) is 7.77. The van der Waals surface area contributed by atoms with Crippen LogP contribution in [0.2, 0.25) is 0 Å². The molecule has 1 saturated heterocycles. The quantitative estimate of drug-likeness (QED) is 0.812. The number of nitrogens with one attached hydrogen (secondary N) is 1. The molecule has 0 amide bonds. The molecule has 0 radical (unpaired) electrons. The zero-order chi connectivity index (χ0) is 12.7. The Kier molecular flexibility index (Phi) is 4.34. The molecule has 2 N–H and O–H groups in total. The van der Waals surface area contributed by atoms with Crippen LogP contribution >= 0.6 is 12.4 Å². The van der Waals surface area contributed by atoms with E-state index in [-0.39, 0.29) is 23.5 Å². The maximum absolute atomic E-state index is 9.35. The lowest BCUT2D eigenvalue weighted by atomic mass is 9.73. The average Bonchev–Trinajstić information content (AvgIpc) is 2.13. The van der Waals surface area contributed by atoms with E-state index in [4.69, 9.17) is 0 Å². The van der Waals surface area contributed by atoms with Gasteiger partial charge in [0, 0.05) is 11.1 Å². The van der Waals surface area contributed by atoms with Crippen LogP contribution in [0.3, 0.4) is 0 Å². The smallest absolute Gasteiger partial charge is 0.115 e. The fourth-order valence-electron chi connectivity index (χ4n) is 3.30. The lowest BCUT2D eigenvalue weighted by Gasteiger charge is -2.46. The minimum absolute atomic E-state index is 0. The number of aromatic hydroxyl groups is 1. The van der Waals surface area contributed by atoms with Crippen molar-refractivity contribution < 1.29 is 5.11 Å². The summed E-state index contributed by atoms with van der Waals surface area (Å²) in [5.41, 5.74) is 1.68. The molecular formula is C15H24ClNO. The van der Waals surface area contributed by atoms with E-state index in [1.54, 1.807) is 12.1 Å². The first kappa shape index (κ1) is 15.3. The van der Waals surface area contributed by atoms with Gasteiger partial charge in [-0.15, -0.1) is 12.4 Å². The van der Waals surface area contributed by atoms with Gasteiger partial charge < -0.3 is 10.4 Å². The van der Waals surface area contributed by atoms with Crippen molar-refractivity contribution in [2.24, 2.45) is 0 Å². The number of hydrogen-bond acceptors (Lipinski definition) is 2. The molecule has 0 spiro atoms. The Hall–Kier alpha value is -0.730. The Morgan fingerprint density at radius 1 is 1.00 bits per heavy atom. The number of halogens is 1. The van der Waals surface area contributed by atoms with Crippen molar-refractivity contribution in [2.75, 3.05) is 0 Å². The van der Waals surface area contributed by atoms with E-state index >= 15 is 0 Å². The summed E-state index contributed by atoms with van der Waals surface area (Å²) >= 11 is 0. The minimum atomic E-state index is 0. The van der Waals surface area contributed by atoms with Crippen molar-refractivity contribution in [3.05, 3.63) is 29.8 Å². The fourth-order valence-corrected chi connectivity index (χ4v) is 3.30. The summed E-state index contributed by atoms with van der Waals surface area (Å²) in [6.07, 6.45) is 2.28. The Morgan fingerprint density at radius 2 is 1.44 bits per heavy atom. The highest BCUT2D eigenvalue weighted by Gasteiger charge is 2.37. The molecule has 18 heavy (non-hydrogen) atoms. The molecule has 2 rings (SSSR count). The fraction of sp³-hybridized carbons (Fsp3) is 0.600. The number of phenols is 1. The van der Waals surface area contributed by atoms with E-state index in [1.807, 2.05) is 0 Å². The van der Waals surface area contributed by atoms with Gasteiger partial charge in [-0.3, -0.25) is 0 Å². The van der Waals surface area contributed by atoms with Gasteiger partial charge in [0.25, 0.3) is 0 Å². The van der Waals surface area contributed by atoms with Gasteiger partial charge in [-0.2, -0.15) is 0 Å². The summed E-state index contributed by atoms with van der Waals surface area (Å²) in [7, 11) is 0. The summed E-state index contributed by atoms with van der Waals surface area (Å²) < 4.78 is 0. The molecule has 0 aromatic heterocycles. The number of piperidine rings is 1.